The van der Waals surface area contributed by atoms with Crippen molar-refractivity contribution >= 4 is 0 Å². The first kappa shape index (κ1) is 16.2. The number of rotatable bonds is 4. The van der Waals surface area contributed by atoms with E-state index in [1.807, 2.05) is 18.2 Å². The summed E-state index contributed by atoms with van der Waals surface area (Å²) in [6.45, 7) is 4.56. The van der Waals surface area contributed by atoms with E-state index in [0.29, 0.717) is 23.5 Å². The monoisotopic (exact) mass is 292 g/mol. The molecular formula is C18H28O3. The third-order valence-electron chi connectivity index (χ3n) is 4.93. The summed E-state index contributed by atoms with van der Waals surface area (Å²) in [4.78, 5) is 0. The topological polar surface area (TPSA) is 38.7 Å². The molecule has 1 fully saturated rings. The van der Waals surface area contributed by atoms with E-state index in [0.717, 1.165) is 17.7 Å². The molecule has 0 saturated heterocycles. The summed E-state index contributed by atoms with van der Waals surface area (Å²) in [7, 11) is 3.28. The van der Waals surface area contributed by atoms with Crippen molar-refractivity contribution in [2.24, 2.45) is 17.8 Å². The van der Waals surface area contributed by atoms with Gasteiger partial charge in [0.2, 0.25) is 0 Å². The first-order chi connectivity index (χ1) is 10.1. The van der Waals surface area contributed by atoms with E-state index in [1.54, 1.807) is 14.2 Å². The van der Waals surface area contributed by atoms with E-state index in [-0.39, 0.29) is 0 Å². The molecule has 1 aliphatic rings. The molecule has 0 heterocycles. The number of hydrogen-bond acceptors (Lipinski definition) is 3. The Kier molecular flexibility index (Phi) is 5.51. The van der Waals surface area contributed by atoms with Gasteiger partial charge in [0.05, 0.1) is 20.3 Å². The molecule has 2 rings (SSSR count). The minimum absolute atomic E-state index is 0.296. The first-order valence-corrected chi connectivity index (χ1v) is 7.96. The Morgan fingerprint density at radius 3 is 2.57 bits per heavy atom. The van der Waals surface area contributed by atoms with Crippen molar-refractivity contribution in [1.82, 2.24) is 0 Å². The van der Waals surface area contributed by atoms with Gasteiger partial charge in [-0.25, -0.2) is 0 Å². The predicted octanol–water partition coefficient (Wildman–Crippen LogP) is 4.20. The van der Waals surface area contributed by atoms with Gasteiger partial charge < -0.3 is 14.6 Å². The summed E-state index contributed by atoms with van der Waals surface area (Å²) in [5, 5.41) is 10.9. The molecule has 1 aromatic carbocycles. The Balaban J connectivity index is 2.27. The number of aliphatic hydroxyl groups is 1. The van der Waals surface area contributed by atoms with Gasteiger partial charge in [-0.1, -0.05) is 33.1 Å². The number of ether oxygens (including phenoxy) is 2. The van der Waals surface area contributed by atoms with Crippen LogP contribution in [0, 0.1) is 17.8 Å². The Morgan fingerprint density at radius 1 is 1.14 bits per heavy atom. The highest BCUT2D eigenvalue weighted by atomic mass is 16.5. The van der Waals surface area contributed by atoms with Crippen LogP contribution in [0.4, 0.5) is 0 Å². The minimum Gasteiger partial charge on any atom is -0.497 e. The van der Waals surface area contributed by atoms with Crippen molar-refractivity contribution in [3.05, 3.63) is 23.8 Å². The lowest BCUT2D eigenvalue weighted by molar-refractivity contribution is 0.0638. The zero-order valence-corrected chi connectivity index (χ0v) is 13.6. The van der Waals surface area contributed by atoms with Crippen molar-refractivity contribution in [3.8, 4) is 11.5 Å². The molecule has 1 aliphatic carbocycles. The maximum Gasteiger partial charge on any atom is 0.128 e. The second-order valence-electron chi connectivity index (χ2n) is 6.47. The SMILES string of the molecule is COc1ccc(C(O)C2CC(C)CCCC2C)c(OC)c1. The Labute approximate surface area is 128 Å². The van der Waals surface area contributed by atoms with E-state index in [9.17, 15) is 5.11 Å². The number of aliphatic hydroxyl groups excluding tert-OH is 1. The number of hydrogen-bond donors (Lipinski definition) is 1. The van der Waals surface area contributed by atoms with Crippen LogP contribution in [0.5, 0.6) is 11.5 Å². The minimum atomic E-state index is -0.471. The smallest absolute Gasteiger partial charge is 0.128 e. The summed E-state index contributed by atoms with van der Waals surface area (Å²) in [5.41, 5.74) is 0.879. The van der Waals surface area contributed by atoms with Crippen molar-refractivity contribution in [1.29, 1.82) is 0 Å². The molecule has 1 N–H and O–H groups in total. The van der Waals surface area contributed by atoms with Crippen molar-refractivity contribution in [2.75, 3.05) is 14.2 Å². The van der Waals surface area contributed by atoms with Crippen LogP contribution in [-0.4, -0.2) is 19.3 Å². The van der Waals surface area contributed by atoms with E-state index in [2.05, 4.69) is 13.8 Å². The van der Waals surface area contributed by atoms with Gasteiger partial charge in [-0.15, -0.1) is 0 Å². The molecule has 0 spiro atoms. The molecule has 3 heteroatoms. The second kappa shape index (κ2) is 7.17. The quantitative estimate of drug-likeness (QED) is 0.845. The summed E-state index contributed by atoms with van der Waals surface area (Å²) < 4.78 is 10.7. The van der Waals surface area contributed by atoms with Crippen molar-refractivity contribution in [3.63, 3.8) is 0 Å². The van der Waals surface area contributed by atoms with Gasteiger partial charge in [-0.05, 0) is 36.3 Å². The van der Waals surface area contributed by atoms with Crippen LogP contribution in [0.1, 0.15) is 51.2 Å². The van der Waals surface area contributed by atoms with Crippen LogP contribution in [0.3, 0.4) is 0 Å². The van der Waals surface area contributed by atoms with Crippen molar-refractivity contribution < 1.29 is 14.6 Å². The van der Waals surface area contributed by atoms with Crippen molar-refractivity contribution in [2.45, 2.75) is 45.6 Å². The lowest BCUT2D eigenvalue weighted by Gasteiger charge is -2.29. The molecule has 0 radical (unpaired) electrons. The van der Waals surface area contributed by atoms with E-state index in [4.69, 9.17) is 9.47 Å². The highest BCUT2D eigenvalue weighted by molar-refractivity contribution is 5.42. The van der Waals surface area contributed by atoms with E-state index < -0.39 is 6.10 Å². The molecule has 0 aliphatic heterocycles. The first-order valence-electron chi connectivity index (χ1n) is 7.96. The zero-order valence-electron chi connectivity index (χ0n) is 13.6. The van der Waals surface area contributed by atoms with Crippen LogP contribution >= 0.6 is 0 Å². The lowest BCUT2D eigenvalue weighted by atomic mass is 9.80. The molecule has 0 amide bonds. The van der Waals surface area contributed by atoms with Crippen LogP contribution < -0.4 is 9.47 Å². The largest absolute Gasteiger partial charge is 0.497 e. The molecule has 4 unspecified atom stereocenters. The van der Waals surface area contributed by atoms with E-state index in [1.165, 1.54) is 19.3 Å². The van der Waals surface area contributed by atoms with Gasteiger partial charge in [0, 0.05) is 11.6 Å². The van der Waals surface area contributed by atoms with Gasteiger partial charge in [0.1, 0.15) is 11.5 Å². The standard InChI is InChI=1S/C18H28O3/c1-12-6-5-7-13(2)16(10-12)18(19)15-9-8-14(20-3)11-17(15)21-4/h8-9,11-13,16,18-19H,5-7,10H2,1-4H3. The molecule has 21 heavy (non-hydrogen) atoms. The molecule has 118 valence electrons. The average Bonchev–Trinajstić information content (AvgIpc) is 2.67. The fourth-order valence-electron chi connectivity index (χ4n) is 3.55. The summed E-state index contributed by atoms with van der Waals surface area (Å²) in [6.07, 6.45) is 4.35. The van der Waals surface area contributed by atoms with Crippen LogP contribution in [0.15, 0.2) is 18.2 Å². The number of benzene rings is 1. The summed E-state index contributed by atoms with van der Waals surface area (Å²) in [5.74, 6) is 2.98. The average molecular weight is 292 g/mol. The molecule has 0 bridgehead atoms. The molecule has 1 aromatic rings. The predicted molar refractivity (Wildman–Crippen MR) is 84.8 cm³/mol. The van der Waals surface area contributed by atoms with Gasteiger partial charge in [0.25, 0.3) is 0 Å². The normalized spacial score (nSPS) is 27.8. The summed E-state index contributed by atoms with van der Waals surface area (Å²) in [6, 6.07) is 5.68. The number of methoxy groups -OCH3 is 2. The third-order valence-corrected chi connectivity index (χ3v) is 4.93. The highest BCUT2D eigenvalue weighted by Gasteiger charge is 2.31. The Morgan fingerprint density at radius 2 is 1.90 bits per heavy atom. The molecule has 4 atom stereocenters. The van der Waals surface area contributed by atoms with Gasteiger partial charge in [-0.2, -0.15) is 0 Å². The Hall–Kier alpha value is -1.22. The van der Waals surface area contributed by atoms with Gasteiger partial charge >= 0.3 is 0 Å². The maximum absolute atomic E-state index is 10.9. The Bertz CT molecular complexity index is 458. The summed E-state index contributed by atoms with van der Waals surface area (Å²) >= 11 is 0. The molecule has 0 aromatic heterocycles. The van der Waals surface area contributed by atoms with Gasteiger partial charge in [-0.3, -0.25) is 0 Å². The lowest BCUT2D eigenvalue weighted by Crippen LogP contribution is -2.21. The molecular weight excluding hydrogens is 264 g/mol. The maximum atomic E-state index is 10.9. The fraction of sp³-hybridized carbons (Fsp3) is 0.667. The zero-order chi connectivity index (χ0) is 15.4. The van der Waals surface area contributed by atoms with E-state index >= 15 is 0 Å². The van der Waals surface area contributed by atoms with Crippen LogP contribution in [0.2, 0.25) is 0 Å². The molecule has 3 nitrogen and oxygen atoms in total. The fourth-order valence-corrected chi connectivity index (χ4v) is 3.55. The molecule has 1 saturated carbocycles. The third kappa shape index (κ3) is 3.70. The van der Waals surface area contributed by atoms with Crippen LogP contribution in [0.25, 0.3) is 0 Å². The highest BCUT2D eigenvalue weighted by Crippen LogP contribution is 2.42. The second-order valence-corrected chi connectivity index (χ2v) is 6.47. The van der Waals surface area contributed by atoms with Gasteiger partial charge in [0.15, 0.2) is 0 Å². The van der Waals surface area contributed by atoms with Crippen LogP contribution in [-0.2, 0) is 0 Å².